The lowest BCUT2D eigenvalue weighted by Gasteiger charge is -2.11. The molecule has 3 N–H and O–H groups in total. The van der Waals surface area contributed by atoms with E-state index >= 15 is 0 Å². The molecule has 0 radical (unpaired) electrons. The average Bonchev–Trinajstić information content (AvgIpc) is 3.17. The minimum atomic E-state index is -0.427. The molecule has 1 unspecified atom stereocenters. The standard InChI is InChI=1S/C13H17N3O2/c1-18-9-4-5-12-11(6-9)15-13(10(14)7-17)16(12)8-2-3-8/h4-6,8,10,17H,2-3,7,14H2,1H3. The predicted octanol–water partition coefficient (Wildman–Crippen LogP) is 1.37. The van der Waals surface area contributed by atoms with Crippen molar-refractivity contribution in [1.29, 1.82) is 0 Å². The summed E-state index contributed by atoms with van der Waals surface area (Å²) in [6, 6.07) is 5.89. The van der Waals surface area contributed by atoms with Gasteiger partial charge < -0.3 is 20.1 Å². The van der Waals surface area contributed by atoms with E-state index in [-0.39, 0.29) is 6.61 Å². The van der Waals surface area contributed by atoms with E-state index in [2.05, 4.69) is 9.55 Å². The maximum Gasteiger partial charge on any atom is 0.129 e. The highest BCUT2D eigenvalue weighted by atomic mass is 16.5. The van der Waals surface area contributed by atoms with Crippen LogP contribution in [0, 0.1) is 0 Å². The molecule has 0 saturated heterocycles. The molecule has 1 atom stereocenters. The number of aromatic nitrogens is 2. The van der Waals surface area contributed by atoms with Crippen molar-refractivity contribution >= 4 is 11.0 Å². The zero-order valence-electron chi connectivity index (χ0n) is 10.3. The lowest BCUT2D eigenvalue weighted by molar-refractivity contribution is 0.261. The first-order valence-electron chi connectivity index (χ1n) is 6.17. The molecule has 0 amide bonds. The molecular weight excluding hydrogens is 230 g/mol. The summed E-state index contributed by atoms with van der Waals surface area (Å²) in [5.41, 5.74) is 7.87. The molecular formula is C13H17N3O2. The number of rotatable bonds is 4. The number of fused-ring (bicyclic) bond motifs is 1. The second-order valence-electron chi connectivity index (χ2n) is 4.71. The van der Waals surface area contributed by atoms with Gasteiger partial charge in [0.15, 0.2) is 0 Å². The number of nitrogens with two attached hydrogens (primary N) is 1. The molecule has 1 aliphatic carbocycles. The van der Waals surface area contributed by atoms with Gasteiger partial charge in [0.05, 0.1) is 30.8 Å². The van der Waals surface area contributed by atoms with Crippen molar-refractivity contribution in [2.75, 3.05) is 13.7 Å². The number of benzene rings is 1. The van der Waals surface area contributed by atoms with Crippen LogP contribution in [0.4, 0.5) is 0 Å². The van der Waals surface area contributed by atoms with Crippen LogP contribution in [0.2, 0.25) is 0 Å². The molecule has 1 fully saturated rings. The van der Waals surface area contributed by atoms with Crippen molar-refractivity contribution in [3.05, 3.63) is 24.0 Å². The summed E-state index contributed by atoms with van der Waals surface area (Å²) in [5, 5.41) is 9.24. The van der Waals surface area contributed by atoms with E-state index in [0.29, 0.717) is 6.04 Å². The van der Waals surface area contributed by atoms with Crippen molar-refractivity contribution in [2.45, 2.75) is 24.9 Å². The summed E-state index contributed by atoms with van der Waals surface area (Å²) in [4.78, 5) is 4.55. The van der Waals surface area contributed by atoms with Gasteiger partial charge in [0.1, 0.15) is 11.6 Å². The first-order chi connectivity index (χ1) is 8.74. The summed E-state index contributed by atoms with van der Waals surface area (Å²) in [6.45, 7) is -0.0901. The molecule has 1 saturated carbocycles. The number of aliphatic hydroxyl groups is 1. The Labute approximate surface area is 105 Å². The number of ether oxygens (including phenoxy) is 1. The number of hydrogen-bond donors (Lipinski definition) is 2. The van der Waals surface area contributed by atoms with Crippen molar-refractivity contribution in [3.8, 4) is 5.75 Å². The Balaban J connectivity index is 2.18. The minimum Gasteiger partial charge on any atom is -0.497 e. The summed E-state index contributed by atoms with van der Waals surface area (Å²) in [5.74, 6) is 1.55. The van der Waals surface area contributed by atoms with Gasteiger partial charge in [-0.2, -0.15) is 0 Å². The predicted molar refractivity (Wildman–Crippen MR) is 68.6 cm³/mol. The SMILES string of the molecule is COc1ccc2c(c1)nc(C(N)CO)n2C1CC1. The molecule has 5 nitrogen and oxygen atoms in total. The van der Waals surface area contributed by atoms with E-state index < -0.39 is 6.04 Å². The van der Waals surface area contributed by atoms with Crippen LogP contribution in [0.25, 0.3) is 11.0 Å². The molecule has 18 heavy (non-hydrogen) atoms. The Morgan fingerprint density at radius 2 is 2.33 bits per heavy atom. The number of aliphatic hydroxyl groups excluding tert-OH is 1. The monoisotopic (exact) mass is 247 g/mol. The molecule has 0 spiro atoms. The lowest BCUT2D eigenvalue weighted by atomic mass is 10.3. The van der Waals surface area contributed by atoms with Gasteiger partial charge in [-0.25, -0.2) is 4.98 Å². The smallest absolute Gasteiger partial charge is 0.129 e. The van der Waals surface area contributed by atoms with Gasteiger partial charge in [-0.15, -0.1) is 0 Å². The Morgan fingerprint density at radius 3 is 2.94 bits per heavy atom. The van der Waals surface area contributed by atoms with Gasteiger partial charge in [-0.1, -0.05) is 0 Å². The number of methoxy groups -OCH3 is 1. The van der Waals surface area contributed by atoms with E-state index in [4.69, 9.17) is 10.5 Å². The summed E-state index contributed by atoms with van der Waals surface area (Å²) < 4.78 is 7.37. The van der Waals surface area contributed by atoms with Crippen LogP contribution in [-0.2, 0) is 0 Å². The largest absolute Gasteiger partial charge is 0.497 e. The molecule has 96 valence electrons. The van der Waals surface area contributed by atoms with Crippen LogP contribution in [0.1, 0.15) is 30.7 Å². The maximum atomic E-state index is 9.24. The van der Waals surface area contributed by atoms with Gasteiger partial charge in [0.2, 0.25) is 0 Å². The Morgan fingerprint density at radius 1 is 1.56 bits per heavy atom. The van der Waals surface area contributed by atoms with E-state index in [1.165, 1.54) is 0 Å². The van der Waals surface area contributed by atoms with Crippen molar-refractivity contribution < 1.29 is 9.84 Å². The van der Waals surface area contributed by atoms with Crippen molar-refractivity contribution in [3.63, 3.8) is 0 Å². The van der Waals surface area contributed by atoms with Crippen LogP contribution in [0.3, 0.4) is 0 Å². The van der Waals surface area contributed by atoms with Crippen molar-refractivity contribution in [1.82, 2.24) is 9.55 Å². The minimum absolute atomic E-state index is 0.0901. The van der Waals surface area contributed by atoms with Gasteiger partial charge in [-0.05, 0) is 25.0 Å². The first kappa shape index (κ1) is 11.5. The van der Waals surface area contributed by atoms with E-state index in [1.807, 2.05) is 18.2 Å². The maximum absolute atomic E-state index is 9.24. The molecule has 0 bridgehead atoms. The third-order valence-corrected chi connectivity index (χ3v) is 3.36. The van der Waals surface area contributed by atoms with E-state index in [1.54, 1.807) is 7.11 Å². The fourth-order valence-electron chi connectivity index (χ4n) is 2.28. The van der Waals surface area contributed by atoms with Crippen molar-refractivity contribution in [2.24, 2.45) is 5.73 Å². The molecule has 3 rings (SSSR count). The number of imidazole rings is 1. The van der Waals surface area contributed by atoms with Crippen LogP contribution in [0.5, 0.6) is 5.75 Å². The van der Waals surface area contributed by atoms with Gasteiger partial charge in [0.25, 0.3) is 0 Å². The number of hydrogen-bond acceptors (Lipinski definition) is 4. The van der Waals surface area contributed by atoms with E-state index in [0.717, 1.165) is 35.4 Å². The molecule has 1 heterocycles. The molecule has 1 aromatic carbocycles. The quantitative estimate of drug-likeness (QED) is 0.856. The second-order valence-corrected chi connectivity index (χ2v) is 4.71. The topological polar surface area (TPSA) is 73.3 Å². The second kappa shape index (κ2) is 4.26. The Hall–Kier alpha value is -1.59. The van der Waals surface area contributed by atoms with Gasteiger partial charge in [-0.3, -0.25) is 0 Å². The number of nitrogens with zero attached hydrogens (tertiary/aromatic N) is 2. The highest BCUT2D eigenvalue weighted by molar-refractivity contribution is 5.78. The van der Waals surface area contributed by atoms with Gasteiger partial charge >= 0.3 is 0 Å². The third kappa shape index (κ3) is 1.76. The fraction of sp³-hybridized carbons (Fsp3) is 0.462. The molecule has 2 aromatic rings. The highest BCUT2D eigenvalue weighted by Crippen LogP contribution is 2.40. The first-order valence-corrected chi connectivity index (χ1v) is 6.17. The highest BCUT2D eigenvalue weighted by Gasteiger charge is 2.29. The molecule has 1 aliphatic rings. The van der Waals surface area contributed by atoms with Crippen LogP contribution < -0.4 is 10.5 Å². The summed E-state index contributed by atoms with van der Waals surface area (Å²) in [6.07, 6.45) is 2.31. The molecule has 1 aromatic heterocycles. The molecule has 0 aliphatic heterocycles. The summed E-state index contributed by atoms with van der Waals surface area (Å²) in [7, 11) is 1.64. The summed E-state index contributed by atoms with van der Waals surface area (Å²) >= 11 is 0. The normalized spacial score (nSPS) is 17.1. The fourth-order valence-corrected chi connectivity index (χ4v) is 2.28. The van der Waals surface area contributed by atoms with Crippen LogP contribution in [0.15, 0.2) is 18.2 Å². The lowest BCUT2D eigenvalue weighted by Crippen LogP contribution is -2.19. The average molecular weight is 247 g/mol. The van der Waals surface area contributed by atoms with Crippen LogP contribution >= 0.6 is 0 Å². The zero-order valence-corrected chi connectivity index (χ0v) is 10.3. The van der Waals surface area contributed by atoms with E-state index in [9.17, 15) is 5.11 Å². The molecule has 5 heteroatoms. The zero-order chi connectivity index (χ0) is 12.7. The van der Waals surface area contributed by atoms with Gasteiger partial charge in [0, 0.05) is 12.1 Å². The van der Waals surface area contributed by atoms with Crippen LogP contribution in [-0.4, -0.2) is 28.4 Å². The third-order valence-electron chi connectivity index (χ3n) is 3.36. The Bertz CT molecular complexity index is 575. The Kier molecular flexibility index (Phi) is 2.72.